The van der Waals surface area contributed by atoms with Gasteiger partial charge in [-0.25, -0.2) is 4.39 Å². The Labute approximate surface area is 139 Å². The fourth-order valence-electron chi connectivity index (χ4n) is 2.43. The Morgan fingerprint density at radius 2 is 1.65 bits per heavy atom. The van der Waals surface area contributed by atoms with Crippen LogP contribution in [-0.4, -0.2) is 16.8 Å². The summed E-state index contributed by atoms with van der Waals surface area (Å²) in [5.41, 5.74) is 0.897. The minimum Gasteiger partial charge on any atom is -0.507 e. The van der Waals surface area contributed by atoms with Gasteiger partial charge in [0.25, 0.3) is 11.7 Å². The number of Topliss-reactive ketones (excluding diaryl/α,β-unsaturated/α-hetero) is 1. The van der Waals surface area contributed by atoms with Crippen LogP contribution in [0.4, 0.5) is 4.39 Å². The first-order chi connectivity index (χ1) is 11.0. The number of amides is 1. The van der Waals surface area contributed by atoms with Crippen LogP contribution < -0.4 is 5.32 Å². The number of nitrogens with one attached hydrogen (secondary N) is 1. The first-order valence-electron chi connectivity index (χ1n) is 6.77. The summed E-state index contributed by atoms with van der Waals surface area (Å²) in [6, 6.07) is 11.3. The maximum atomic E-state index is 13.1. The van der Waals surface area contributed by atoms with Crippen LogP contribution in [0.3, 0.4) is 0 Å². The molecule has 2 aromatic carbocycles. The summed E-state index contributed by atoms with van der Waals surface area (Å²) in [4.78, 5) is 23.9. The third-order valence-electron chi connectivity index (χ3n) is 3.59. The summed E-state index contributed by atoms with van der Waals surface area (Å²) in [6.07, 6.45) is 0. The zero-order chi connectivity index (χ0) is 16.6. The Kier molecular flexibility index (Phi) is 4.00. The normalized spacial score (nSPS) is 19.7. The molecule has 1 amide bonds. The van der Waals surface area contributed by atoms with Gasteiger partial charge >= 0.3 is 0 Å². The highest BCUT2D eigenvalue weighted by molar-refractivity contribution is 9.10. The standard InChI is InChI=1S/C17H11BrFNO3/c18-11-5-1-10(2-6-11)15(21)13-14(20-17(23)16(13)22)9-3-7-12(19)8-4-9/h1-8,14,21H,(H,20,23)/t14-/m1/s1. The molecule has 0 aliphatic carbocycles. The molecule has 6 heteroatoms. The molecule has 1 fully saturated rings. The highest BCUT2D eigenvalue weighted by atomic mass is 79.9. The van der Waals surface area contributed by atoms with Crippen molar-refractivity contribution in [2.24, 2.45) is 0 Å². The van der Waals surface area contributed by atoms with Crippen LogP contribution in [0.2, 0.25) is 0 Å². The molecule has 0 unspecified atom stereocenters. The van der Waals surface area contributed by atoms with E-state index >= 15 is 0 Å². The van der Waals surface area contributed by atoms with E-state index in [1.807, 2.05) is 0 Å². The number of aliphatic hydroxyl groups excluding tert-OH is 1. The van der Waals surface area contributed by atoms with Crippen molar-refractivity contribution in [3.8, 4) is 0 Å². The molecule has 1 saturated heterocycles. The lowest BCUT2D eigenvalue weighted by atomic mass is 9.96. The van der Waals surface area contributed by atoms with Crippen molar-refractivity contribution in [3.05, 3.63) is 75.5 Å². The lowest BCUT2D eigenvalue weighted by Gasteiger charge is -2.13. The summed E-state index contributed by atoms with van der Waals surface area (Å²) in [5, 5.41) is 13.0. The molecular weight excluding hydrogens is 365 g/mol. The van der Waals surface area contributed by atoms with Crippen molar-refractivity contribution in [1.82, 2.24) is 5.32 Å². The Balaban J connectivity index is 2.10. The average Bonchev–Trinajstić information content (AvgIpc) is 2.84. The van der Waals surface area contributed by atoms with Gasteiger partial charge in [0.1, 0.15) is 11.6 Å². The Morgan fingerprint density at radius 1 is 1.04 bits per heavy atom. The van der Waals surface area contributed by atoms with Crippen LogP contribution in [0.5, 0.6) is 0 Å². The topological polar surface area (TPSA) is 66.4 Å². The fourth-order valence-corrected chi connectivity index (χ4v) is 2.70. The van der Waals surface area contributed by atoms with Gasteiger partial charge in [0.2, 0.25) is 0 Å². The first kappa shape index (κ1) is 15.4. The zero-order valence-corrected chi connectivity index (χ0v) is 13.3. The smallest absolute Gasteiger partial charge is 0.293 e. The summed E-state index contributed by atoms with van der Waals surface area (Å²) in [6.45, 7) is 0. The van der Waals surface area contributed by atoms with Crippen molar-refractivity contribution in [2.45, 2.75) is 6.04 Å². The maximum Gasteiger partial charge on any atom is 0.293 e. The number of rotatable bonds is 2. The van der Waals surface area contributed by atoms with Gasteiger partial charge in [-0.05, 0) is 29.8 Å². The minimum absolute atomic E-state index is 0.0380. The van der Waals surface area contributed by atoms with Crippen LogP contribution in [0.1, 0.15) is 17.2 Å². The van der Waals surface area contributed by atoms with Crippen LogP contribution in [-0.2, 0) is 9.59 Å². The van der Waals surface area contributed by atoms with E-state index in [-0.39, 0.29) is 11.3 Å². The second kappa shape index (κ2) is 5.96. The van der Waals surface area contributed by atoms with Gasteiger partial charge in [-0.2, -0.15) is 0 Å². The molecule has 0 bridgehead atoms. The van der Waals surface area contributed by atoms with E-state index in [0.717, 1.165) is 4.47 Å². The number of hydrogen-bond acceptors (Lipinski definition) is 3. The maximum absolute atomic E-state index is 13.1. The lowest BCUT2D eigenvalue weighted by molar-refractivity contribution is -0.133. The van der Waals surface area contributed by atoms with Gasteiger partial charge in [0.15, 0.2) is 0 Å². The van der Waals surface area contributed by atoms with Crippen molar-refractivity contribution in [3.63, 3.8) is 0 Å². The van der Waals surface area contributed by atoms with Crippen LogP contribution in [0.25, 0.3) is 5.76 Å². The van der Waals surface area contributed by atoms with Crippen LogP contribution in [0.15, 0.2) is 58.6 Å². The molecule has 116 valence electrons. The number of carbonyl (C=O) groups is 2. The van der Waals surface area contributed by atoms with E-state index in [1.165, 1.54) is 24.3 Å². The molecule has 0 saturated carbocycles. The van der Waals surface area contributed by atoms with E-state index in [2.05, 4.69) is 21.2 Å². The largest absolute Gasteiger partial charge is 0.507 e. The Hall–Kier alpha value is -2.47. The van der Waals surface area contributed by atoms with E-state index < -0.39 is 23.5 Å². The Morgan fingerprint density at radius 3 is 2.26 bits per heavy atom. The molecular formula is C17H11BrFNO3. The van der Waals surface area contributed by atoms with Crippen molar-refractivity contribution in [2.75, 3.05) is 0 Å². The lowest BCUT2D eigenvalue weighted by Crippen LogP contribution is -2.21. The summed E-state index contributed by atoms with van der Waals surface area (Å²) >= 11 is 3.29. The molecule has 2 aromatic rings. The summed E-state index contributed by atoms with van der Waals surface area (Å²) < 4.78 is 13.9. The molecule has 4 nitrogen and oxygen atoms in total. The number of aliphatic hydroxyl groups is 1. The van der Waals surface area contributed by atoms with E-state index in [0.29, 0.717) is 11.1 Å². The highest BCUT2D eigenvalue weighted by Gasteiger charge is 2.39. The predicted octanol–water partition coefficient (Wildman–Crippen LogP) is 3.30. The molecule has 0 radical (unpaired) electrons. The number of halogens is 2. The molecule has 1 heterocycles. The monoisotopic (exact) mass is 375 g/mol. The Bertz CT molecular complexity index is 813. The third kappa shape index (κ3) is 2.90. The van der Waals surface area contributed by atoms with Gasteiger partial charge in [-0.3, -0.25) is 9.59 Å². The number of carbonyl (C=O) groups excluding carboxylic acids is 2. The van der Waals surface area contributed by atoms with Crippen LogP contribution >= 0.6 is 15.9 Å². The summed E-state index contributed by atoms with van der Waals surface area (Å²) in [5.74, 6) is -2.28. The van der Waals surface area contributed by atoms with Gasteiger partial charge in [0.05, 0.1) is 11.6 Å². The molecule has 3 rings (SSSR count). The number of benzene rings is 2. The van der Waals surface area contributed by atoms with Gasteiger partial charge in [-0.1, -0.05) is 40.2 Å². The van der Waals surface area contributed by atoms with Gasteiger partial charge in [0, 0.05) is 10.0 Å². The van der Waals surface area contributed by atoms with Crippen LogP contribution in [0, 0.1) is 5.82 Å². The van der Waals surface area contributed by atoms with E-state index in [4.69, 9.17) is 0 Å². The minimum atomic E-state index is -0.806. The summed E-state index contributed by atoms with van der Waals surface area (Å²) in [7, 11) is 0. The molecule has 0 aromatic heterocycles. The fraction of sp³-hybridized carbons (Fsp3) is 0.0588. The number of hydrogen-bond donors (Lipinski definition) is 2. The zero-order valence-electron chi connectivity index (χ0n) is 11.7. The number of ketones is 1. The van der Waals surface area contributed by atoms with Crippen molar-refractivity contribution >= 4 is 33.4 Å². The quantitative estimate of drug-likeness (QED) is 0.480. The van der Waals surface area contributed by atoms with E-state index in [9.17, 15) is 19.1 Å². The van der Waals surface area contributed by atoms with Gasteiger partial charge < -0.3 is 10.4 Å². The van der Waals surface area contributed by atoms with Crippen molar-refractivity contribution in [1.29, 1.82) is 0 Å². The SMILES string of the molecule is O=C1N[C@H](c2ccc(F)cc2)C(=C(O)c2ccc(Br)cc2)C1=O. The van der Waals surface area contributed by atoms with E-state index in [1.54, 1.807) is 24.3 Å². The molecule has 0 spiro atoms. The first-order valence-corrected chi connectivity index (χ1v) is 7.56. The molecule has 23 heavy (non-hydrogen) atoms. The predicted molar refractivity (Wildman–Crippen MR) is 86.0 cm³/mol. The second-order valence-corrected chi connectivity index (χ2v) is 5.97. The van der Waals surface area contributed by atoms with Gasteiger partial charge in [-0.15, -0.1) is 0 Å². The molecule has 1 aliphatic heterocycles. The molecule has 2 N–H and O–H groups in total. The average molecular weight is 376 g/mol. The highest BCUT2D eigenvalue weighted by Crippen LogP contribution is 2.33. The van der Waals surface area contributed by atoms with Crippen molar-refractivity contribution < 1.29 is 19.1 Å². The third-order valence-corrected chi connectivity index (χ3v) is 4.12. The molecule has 1 atom stereocenters. The molecule has 1 aliphatic rings. The second-order valence-electron chi connectivity index (χ2n) is 5.06.